The number of amides is 1. The smallest absolute Gasteiger partial charge is 0.220 e. The van der Waals surface area contributed by atoms with Crippen molar-refractivity contribution in [2.45, 2.75) is 39.2 Å². The Bertz CT molecular complexity index is 622. The minimum atomic E-state index is 0.0868. The Labute approximate surface area is 126 Å². The fraction of sp³-hybridized carbons (Fsp3) is 0.389. The zero-order chi connectivity index (χ0) is 15.2. The summed E-state index contributed by atoms with van der Waals surface area (Å²) in [7, 11) is 1.69. The van der Waals surface area contributed by atoms with Gasteiger partial charge in [0, 0.05) is 18.0 Å². The Morgan fingerprint density at radius 1 is 1.24 bits per heavy atom. The van der Waals surface area contributed by atoms with Crippen molar-refractivity contribution < 1.29 is 9.53 Å². The van der Waals surface area contributed by atoms with E-state index in [1.165, 1.54) is 10.8 Å². The third-order valence-corrected chi connectivity index (χ3v) is 3.61. The molecule has 0 fully saturated rings. The molecule has 0 aromatic heterocycles. The van der Waals surface area contributed by atoms with Crippen LogP contribution in [0.25, 0.3) is 10.8 Å². The van der Waals surface area contributed by atoms with E-state index in [0.29, 0.717) is 6.42 Å². The van der Waals surface area contributed by atoms with Crippen molar-refractivity contribution >= 4 is 16.7 Å². The standard InChI is InChI=1S/C18H23NO2/c1-4-7-18(20)19-13(2)12-16-15-9-6-5-8-14(15)10-11-17(16)21-3/h5-6,8-11,13H,4,7,12H2,1-3H3,(H,19,20). The van der Waals surface area contributed by atoms with Crippen molar-refractivity contribution in [2.24, 2.45) is 0 Å². The molecule has 0 saturated heterocycles. The van der Waals surface area contributed by atoms with Crippen LogP contribution in [-0.4, -0.2) is 19.1 Å². The predicted octanol–water partition coefficient (Wildman–Crippen LogP) is 3.70. The number of fused-ring (bicyclic) bond motifs is 1. The summed E-state index contributed by atoms with van der Waals surface area (Å²) in [6.45, 7) is 4.05. The van der Waals surface area contributed by atoms with Gasteiger partial charge < -0.3 is 10.1 Å². The maximum absolute atomic E-state index is 11.7. The van der Waals surface area contributed by atoms with Crippen LogP contribution in [0.4, 0.5) is 0 Å². The van der Waals surface area contributed by atoms with Crippen LogP contribution in [0.1, 0.15) is 32.3 Å². The SMILES string of the molecule is CCCC(=O)NC(C)Cc1c(OC)ccc2ccccc12. The van der Waals surface area contributed by atoms with Crippen LogP contribution in [-0.2, 0) is 11.2 Å². The summed E-state index contributed by atoms with van der Waals surface area (Å²) in [5.74, 6) is 0.995. The second-order valence-corrected chi connectivity index (χ2v) is 5.39. The topological polar surface area (TPSA) is 38.3 Å². The predicted molar refractivity (Wildman–Crippen MR) is 86.7 cm³/mol. The number of hydrogen-bond donors (Lipinski definition) is 1. The second-order valence-electron chi connectivity index (χ2n) is 5.39. The molecule has 2 rings (SSSR count). The number of methoxy groups -OCH3 is 1. The van der Waals surface area contributed by atoms with Crippen LogP contribution in [0.15, 0.2) is 36.4 Å². The third-order valence-electron chi connectivity index (χ3n) is 3.61. The normalized spacial score (nSPS) is 12.1. The van der Waals surface area contributed by atoms with Gasteiger partial charge in [0.15, 0.2) is 0 Å². The second kappa shape index (κ2) is 7.11. The van der Waals surface area contributed by atoms with E-state index >= 15 is 0 Å². The van der Waals surface area contributed by atoms with E-state index < -0.39 is 0 Å². The minimum absolute atomic E-state index is 0.0868. The third kappa shape index (κ3) is 3.75. The molecule has 1 atom stereocenters. The van der Waals surface area contributed by atoms with Crippen molar-refractivity contribution in [1.29, 1.82) is 0 Å². The Kier molecular flexibility index (Phi) is 5.20. The largest absolute Gasteiger partial charge is 0.496 e. The van der Waals surface area contributed by atoms with Crippen molar-refractivity contribution in [3.63, 3.8) is 0 Å². The Hall–Kier alpha value is -2.03. The summed E-state index contributed by atoms with van der Waals surface area (Å²) in [5, 5.41) is 5.43. The van der Waals surface area contributed by atoms with E-state index in [1.54, 1.807) is 7.11 Å². The molecule has 0 aliphatic heterocycles. The van der Waals surface area contributed by atoms with Gasteiger partial charge in [-0.3, -0.25) is 4.79 Å². The number of nitrogens with one attached hydrogen (secondary N) is 1. The van der Waals surface area contributed by atoms with Gasteiger partial charge in [0.2, 0.25) is 5.91 Å². The van der Waals surface area contributed by atoms with Gasteiger partial charge in [-0.15, -0.1) is 0 Å². The summed E-state index contributed by atoms with van der Waals surface area (Å²) in [4.78, 5) is 11.7. The van der Waals surface area contributed by atoms with Gasteiger partial charge in [0.1, 0.15) is 5.75 Å². The lowest BCUT2D eigenvalue weighted by molar-refractivity contribution is -0.121. The lowest BCUT2D eigenvalue weighted by Crippen LogP contribution is -2.33. The van der Waals surface area contributed by atoms with Crippen LogP contribution < -0.4 is 10.1 Å². The molecule has 0 saturated carbocycles. The minimum Gasteiger partial charge on any atom is -0.496 e. The highest BCUT2D eigenvalue weighted by Crippen LogP contribution is 2.29. The lowest BCUT2D eigenvalue weighted by atomic mass is 9.98. The van der Waals surface area contributed by atoms with E-state index in [9.17, 15) is 4.79 Å². The molecule has 0 spiro atoms. The van der Waals surface area contributed by atoms with Crippen molar-refractivity contribution in [3.05, 3.63) is 42.0 Å². The molecule has 0 radical (unpaired) electrons. The number of ether oxygens (including phenoxy) is 1. The Balaban J connectivity index is 2.25. The van der Waals surface area contributed by atoms with Crippen LogP contribution in [0, 0.1) is 0 Å². The molecule has 2 aromatic rings. The van der Waals surface area contributed by atoms with E-state index in [4.69, 9.17) is 4.74 Å². The molecule has 112 valence electrons. The number of benzene rings is 2. The maximum atomic E-state index is 11.7. The summed E-state index contributed by atoms with van der Waals surface area (Å²) < 4.78 is 5.49. The zero-order valence-corrected chi connectivity index (χ0v) is 13.0. The molecule has 0 bridgehead atoms. The zero-order valence-electron chi connectivity index (χ0n) is 13.0. The first kappa shape index (κ1) is 15.4. The summed E-state index contributed by atoms with van der Waals surface area (Å²) in [5.41, 5.74) is 1.15. The molecule has 1 N–H and O–H groups in total. The highest BCUT2D eigenvalue weighted by atomic mass is 16.5. The molecule has 0 aliphatic carbocycles. The molecule has 3 nitrogen and oxygen atoms in total. The van der Waals surface area contributed by atoms with Crippen LogP contribution in [0.3, 0.4) is 0 Å². The van der Waals surface area contributed by atoms with Crippen LogP contribution in [0.2, 0.25) is 0 Å². The van der Waals surface area contributed by atoms with Gasteiger partial charge >= 0.3 is 0 Å². The quantitative estimate of drug-likeness (QED) is 0.879. The van der Waals surface area contributed by atoms with Crippen molar-refractivity contribution in [2.75, 3.05) is 7.11 Å². The lowest BCUT2D eigenvalue weighted by Gasteiger charge is -2.17. The van der Waals surface area contributed by atoms with Crippen molar-refractivity contribution in [1.82, 2.24) is 5.32 Å². The highest BCUT2D eigenvalue weighted by molar-refractivity contribution is 5.88. The summed E-state index contributed by atoms with van der Waals surface area (Å²) in [6, 6.07) is 12.4. The molecule has 2 aromatic carbocycles. The highest BCUT2D eigenvalue weighted by Gasteiger charge is 2.13. The maximum Gasteiger partial charge on any atom is 0.220 e. The number of carbonyl (C=O) groups excluding carboxylic acids is 1. The van der Waals surface area contributed by atoms with Gasteiger partial charge in [-0.05, 0) is 36.6 Å². The Morgan fingerprint density at radius 3 is 2.71 bits per heavy atom. The average Bonchev–Trinajstić information content (AvgIpc) is 2.47. The monoisotopic (exact) mass is 285 g/mol. The summed E-state index contributed by atoms with van der Waals surface area (Å²) >= 11 is 0. The molecule has 1 unspecified atom stereocenters. The molecular weight excluding hydrogens is 262 g/mol. The fourth-order valence-corrected chi connectivity index (χ4v) is 2.65. The number of rotatable bonds is 6. The average molecular weight is 285 g/mol. The summed E-state index contributed by atoms with van der Waals surface area (Å²) in [6.07, 6.45) is 2.22. The molecule has 1 amide bonds. The van der Waals surface area contributed by atoms with Gasteiger partial charge in [-0.25, -0.2) is 0 Å². The van der Waals surface area contributed by atoms with E-state index in [2.05, 4.69) is 23.5 Å². The first-order chi connectivity index (χ1) is 10.2. The Morgan fingerprint density at radius 2 is 2.00 bits per heavy atom. The number of hydrogen-bond acceptors (Lipinski definition) is 2. The van der Waals surface area contributed by atoms with Gasteiger partial charge in [-0.1, -0.05) is 37.3 Å². The number of carbonyl (C=O) groups is 1. The molecule has 3 heteroatoms. The van der Waals surface area contributed by atoms with E-state index in [0.717, 1.165) is 24.2 Å². The molecule has 0 aliphatic rings. The van der Waals surface area contributed by atoms with Gasteiger partial charge in [0.25, 0.3) is 0 Å². The molecule has 21 heavy (non-hydrogen) atoms. The first-order valence-electron chi connectivity index (χ1n) is 7.49. The fourth-order valence-electron chi connectivity index (χ4n) is 2.65. The molecule has 0 heterocycles. The van der Waals surface area contributed by atoms with Crippen LogP contribution in [0.5, 0.6) is 5.75 Å². The van der Waals surface area contributed by atoms with Gasteiger partial charge in [-0.2, -0.15) is 0 Å². The molecular formula is C18H23NO2. The van der Waals surface area contributed by atoms with Gasteiger partial charge in [0.05, 0.1) is 7.11 Å². The van der Waals surface area contributed by atoms with Crippen molar-refractivity contribution in [3.8, 4) is 5.75 Å². The van der Waals surface area contributed by atoms with E-state index in [1.807, 2.05) is 32.0 Å². The first-order valence-corrected chi connectivity index (χ1v) is 7.49. The van der Waals surface area contributed by atoms with Crippen LogP contribution >= 0.6 is 0 Å². The van der Waals surface area contributed by atoms with E-state index in [-0.39, 0.29) is 11.9 Å².